The minimum atomic E-state index is 0.480. The molecule has 3 nitrogen and oxygen atoms in total. The molecule has 0 saturated heterocycles. The van der Waals surface area contributed by atoms with Crippen LogP contribution in [0.5, 0.6) is 0 Å². The molecule has 0 fully saturated rings. The molecule has 0 aromatic heterocycles. The molecule has 3 heteroatoms. The Morgan fingerprint density at radius 2 is 1.87 bits per heavy atom. The average molecular weight is 216 g/mol. The molecule has 0 amide bonds. The van der Waals surface area contributed by atoms with Crippen LogP contribution >= 0.6 is 0 Å². The first-order valence-electron chi connectivity index (χ1n) is 5.97. The van der Waals surface area contributed by atoms with Gasteiger partial charge in [0.1, 0.15) is 0 Å². The Morgan fingerprint density at radius 3 is 2.27 bits per heavy atom. The van der Waals surface area contributed by atoms with Crippen LogP contribution in [-0.2, 0) is 4.74 Å². The second kappa shape index (κ2) is 8.08. The van der Waals surface area contributed by atoms with E-state index in [2.05, 4.69) is 45.0 Å². The lowest BCUT2D eigenvalue weighted by Gasteiger charge is -2.33. The number of likely N-dealkylation sites (N-methyl/N-ethyl adjacent to an activating group) is 1. The first kappa shape index (κ1) is 14.9. The molecule has 2 atom stereocenters. The molecule has 0 aromatic rings. The highest BCUT2D eigenvalue weighted by Gasteiger charge is 2.17. The van der Waals surface area contributed by atoms with Crippen LogP contribution in [0.4, 0.5) is 0 Å². The van der Waals surface area contributed by atoms with Crippen molar-refractivity contribution in [3.63, 3.8) is 0 Å². The molecule has 0 aromatic carbocycles. The van der Waals surface area contributed by atoms with E-state index in [0.29, 0.717) is 18.1 Å². The van der Waals surface area contributed by atoms with E-state index in [1.807, 2.05) is 0 Å². The lowest BCUT2D eigenvalue weighted by Crippen LogP contribution is -2.46. The van der Waals surface area contributed by atoms with Crippen LogP contribution in [0.1, 0.15) is 34.1 Å². The molecule has 0 spiro atoms. The molecule has 0 aliphatic carbocycles. The predicted octanol–water partition coefficient (Wildman–Crippen LogP) is 1.73. The SMILES string of the molecule is CCC(CNC(C)C)N(C)C(C)COC. The molecule has 0 bridgehead atoms. The van der Waals surface area contributed by atoms with Gasteiger partial charge in [-0.25, -0.2) is 0 Å². The molecular weight excluding hydrogens is 188 g/mol. The highest BCUT2D eigenvalue weighted by Crippen LogP contribution is 2.06. The van der Waals surface area contributed by atoms with Crippen molar-refractivity contribution < 1.29 is 4.74 Å². The van der Waals surface area contributed by atoms with Gasteiger partial charge in [-0.15, -0.1) is 0 Å². The summed E-state index contributed by atoms with van der Waals surface area (Å²) in [6.45, 7) is 10.7. The van der Waals surface area contributed by atoms with Crippen molar-refractivity contribution in [2.75, 3.05) is 27.3 Å². The van der Waals surface area contributed by atoms with Gasteiger partial charge in [-0.1, -0.05) is 20.8 Å². The molecule has 2 unspecified atom stereocenters. The molecule has 0 aliphatic rings. The maximum Gasteiger partial charge on any atom is 0.0615 e. The number of hydrogen-bond donors (Lipinski definition) is 1. The monoisotopic (exact) mass is 216 g/mol. The van der Waals surface area contributed by atoms with Gasteiger partial charge in [-0.05, 0) is 20.4 Å². The summed E-state index contributed by atoms with van der Waals surface area (Å²) in [5.41, 5.74) is 0. The van der Waals surface area contributed by atoms with Crippen molar-refractivity contribution in [3.05, 3.63) is 0 Å². The fourth-order valence-electron chi connectivity index (χ4n) is 1.67. The van der Waals surface area contributed by atoms with Gasteiger partial charge in [-0.3, -0.25) is 4.90 Å². The second-order valence-electron chi connectivity index (χ2n) is 4.59. The Bertz CT molecular complexity index is 151. The number of ether oxygens (including phenoxy) is 1. The van der Waals surface area contributed by atoms with Crippen LogP contribution < -0.4 is 5.32 Å². The first-order valence-corrected chi connectivity index (χ1v) is 5.97. The van der Waals surface area contributed by atoms with Crippen molar-refractivity contribution in [2.24, 2.45) is 0 Å². The molecular formula is C12H28N2O. The Kier molecular flexibility index (Phi) is 8.02. The summed E-state index contributed by atoms with van der Waals surface area (Å²) in [6.07, 6.45) is 1.17. The summed E-state index contributed by atoms with van der Waals surface area (Å²) >= 11 is 0. The van der Waals surface area contributed by atoms with Crippen molar-refractivity contribution >= 4 is 0 Å². The third kappa shape index (κ3) is 6.13. The van der Waals surface area contributed by atoms with Gasteiger partial charge in [0.05, 0.1) is 6.61 Å². The lowest BCUT2D eigenvalue weighted by molar-refractivity contribution is 0.0865. The molecule has 92 valence electrons. The third-order valence-electron chi connectivity index (χ3n) is 2.91. The number of methoxy groups -OCH3 is 1. The van der Waals surface area contributed by atoms with E-state index in [9.17, 15) is 0 Å². The van der Waals surface area contributed by atoms with Crippen LogP contribution in [0, 0.1) is 0 Å². The van der Waals surface area contributed by atoms with E-state index in [1.165, 1.54) is 6.42 Å². The lowest BCUT2D eigenvalue weighted by atomic mass is 10.1. The topological polar surface area (TPSA) is 24.5 Å². The van der Waals surface area contributed by atoms with Crippen LogP contribution in [0.2, 0.25) is 0 Å². The van der Waals surface area contributed by atoms with Gasteiger partial charge in [0, 0.05) is 31.8 Å². The maximum atomic E-state index is 5.18. The zero-order chi connectivity index (χ0) is 11.8. The van der Waals surface area contributed by atoms with Gasteiger partial charge in [0.2, 0.25) is 0 Å². The molecule has 1 N–H and O–H groups in total. The van der Waals surface area contributed by atoms with E-state index in [0.717, 1.165) is 13.2 Å². The van der Waals surface area contributed by atoms with Crippen molar-refractivity contribution in [1.29, 1.82) is 0 Å². The smallest absolute Gasteiger partial charge is 0.0615 e. The zero-order valence-corrected chi connectivity index (χ0v) is 11.2. The van der Waals surface area contributed by atoms with Gasteiger partial charge in [0.25, 0.3) is 0 Å². The summed E-state index contributed by atoms with van der Waals surface area (Å²) in [5.74, 6) is 0. The fraction of sp³-hybridized carbons (Fsp3) is 1.00. The van der Waals surface area contributed by atoms with Gasteiger partial charge in [-0.2, -0.15) is 0 Å². The number of nitrogens with one attached hydrogen (secondary N) is 1. The highest BCUT2D eigenvalue weighted by atomic mass is 16.5. The number of nitrogens with zero attached hydrogens (tertiary/aromatic N) is 1. The molecule has 15 heavy (non-hydrogen) atoms. The van der Waals surface area contributed by atoms with Crippen molar-refractivity contribution in [1.82, 2.24) is 10.2 Å². The third-order valence-corrected chi connectivity index (χ3v) is 2.91. The summed E-state index contributed by atoms with van der Waals surface area (Å²) in [5, 5.41) is 3.49. The van der Waals surface area contributed by atoms with E-state index in [1.54, 1.807) is 7.11 Å². The Labute approximate surface area is 95.2 Å². The number of hydrogen-bond acceptors (Lipinski definition) is 3. The highest BCUT2D eigenvalue weighted by molar-refractivity contribution is 4.75. The average Bonchev–Trinajstić information content (AvgIpc) is 2.18. The van der Waals surface area contributed by atoms with Crippen LogP contribution in [0.15, 0.2) is 0 Å². The predicted molar refractivity (Wildman–Crippen MR) is 66.3 cm³/mol. The van der Waals surface area contributed by atoms with Gasteiger partial charge in [0.15, 0.2) is 0 Å². The van der Waals surface area contributed by atoms with E-state index in [4.69, 9.17) is 4.74 Å². The standard InChI is InChI=1S/C12H28N2O/c1-7-12(8-13-10(2)3)14(5)11(4)9-15-6/h10-13H,7-9H2,1-6H3. The minimum Gasteiger partial charge on any atom is -0.383 e. The Balaban J connectivity index is 4.02. The van der Waals surface area contributed by atoms with Gasteiger partial charge >= 0.3 is 0 Å². The van der Waals surface area contributed by atoms with Crippen LogP contribution in [0.3, 0.4) is 0 Å². The first-order chi connectivity index (χ1) is 7.02. The normalized spacial score (nSPS) is 16.0. The minimum absolute atomic E-state index is 0.480. The van der Waals surface area contributed by atoms with E-state index in [-0.39, 0.29) is 0 Å². The fourth-order valence-corrected chi connectivity index (χ4v) is 1.67. The zero-order valence-electron chi connectivity index (χ0n) is 11.2. The summed E-state index contributed by atoms with van der Waals surface area (Å²) in [7, 11) is 3.94. The molecule has 0 heterocycles. The van der Waals surface area contributed by atoms with Crippen molar-refractivity contribution in [2.45, 2.75) is 52.2 Å². The summed E-state index contributed by atoms with van der Waals surface area (Å²) in [4.78, 5) is 2.40. The van der Waals surface area contributed by atoms with E-state index >= 15 is 0 Å². The second-order valence-corrected chi connectivity index (χ2v) is 4.59. The molecule has 0 radical (unpaired) electrons. The molecule has 0 aliphatic heterocycles. The van der Waals surface area contributed by atoms with Crippen molar-refractivity contribution in [3.8, 4) is 0 Å². The maximum absolute atomic E-state index is 5.18. The summed E-state index contributed by atoms with van der Waals surface area (Å²) in [6, 6.07) is 1.64. The summed E-state index contributed by atoms with van der Waals surface area (Å²) < 4.78 is 5.18. The molecule has 0 saturated carbocycles. The van der Waals surface area contributed by atoms with Gasteiger partial charge < -0.3 is 10.1 Å². The number of rotatable bonds is 8. The quantitative estimate of drug-likeness (QED) is 0.669. The largest absolute Gasteiger partial charge is 0.383 e. The Morgan fingerprint density at radius 1 is 1.27 bits per heavy atom. The van der Waals surface area contributed by atoms with E-state index < -0.39 is 0 Å². The molecule has 0 rings (SSSR count). The van der Waals surface area contributed by atoms with Crippen LogP contribution in [0.25, 0.3) is 0 Å². The Hall–Kier alpha value is -0.120. The van der Waals surface area contributed by atoms with Crippen LogP contribution in [-0.4, -0.2) is 50.3 Å².